The van der Waals surface area contributed by atoms with Gasteiger partial charge in [-0.3, -0.25) is 9.59 Å². The third-order valence-electron chi connectivity index (χ3n) is 6.19. The molecule has 6 nitrogen and oxygen atoms in total. The van der Waals surface area contributed by atoms with Crippen LogP contribution in [0.4, 0.5) is 5.69 Å². The zero-order chi connectivity index (χ0) is 25.4. The van der Waals surface area contributed by atoms with Gasteiger partial charge in [-0.05, 0) is 50.6 Å². The summed E-state index contributed by atoms with van der Waals surface area (Å²) in [6.45, 7) is 5.76. The maximum absolute atomic E-state index is 13.4. The van der Waals surface area contributed by atoms with E-state index in [1.54, 1.807) is 25.3 Å². The van der Waals surface area contributed by atoms with E-state index in [0.29, 0.717) is 33.1 Å². The molecule has 0 amide bonds. The molecule has 0 aliphatic rings. The standard InChI is InChI=1S/C29H24ClN3O3/c1-16-13-21(29-22(14-16)27(35)17(2)28(36-29)19-7-5-4-6-8-19)18(3)32-23-10-11-24(30)33-26(23)20-9-12-25(34)31-15-20/h4-15,18,32H,1-3H3,(H,31,34)/t18-/m1/s1. The molecule has 36 heavy (non-hydrogen) atoms. The number of hydrogen-bond donors (Lipinski definition) is 2. The molecule has 0 saturated heterocycles. The summed E-state index contributed by atoms with van der Waals surface area (Å²) < 4.78 is 6.44. The molecule has 0 aliphatic heterocycles. The molecular formula is C29H24ClN3O3. The molecule has 0 aliphatic carbocycles. The highest BCUT2D eigenvalue weighted by Crippen LogP contribution is 2.34. The van der Waals surface area contributed by atoms with Crippen LogP contribution in [0, 0.1) is 13.8 Å². The van der Waals surface area contributed by atoms with E-state index in [1.165, 1.54) is 6.07 Å². The van der Waals surface area contributed by atoms with Crippen LogP contribution >= 0.6 is 11.6 Å². The number of hydrogen-bond acceptors (Lipinski definition) is 5. The van der Waals surface area contributed by atoms with Crippen LogP contribution in [-0.2, 0) is 0 Å². The number of H-pyrrole nitrogens is 1. The molecule has 1 atom stereocenters. The molecule has 0 saturated carbocycles. The lowest BCUT2D eigenvalue weighted by Gasteiger charge is -2.20. The fraction of sp³-hybridized carbons (Fsp3) is 0.138. The van der Waals surface area contributed by atoms with Crippen LogP contribution in [0.3, 0.4) is 0 Å². The van der Waals surface area contributed by atoms with Crippen molar-refractivity contribution in [2.24, 2.45) is 0 Å². The van der Waals surface area contributed by atoms with Gasteiger partial charge in [-0.1, -0.05) is 48.0 Å². The van der Waals surface area contributed by atoms with E-state index in [-0.39, 0.29) is 17.0 Å². The third-order valence-corrected chi connectivity index (χ3v) is 6.40. The Balaban J connectivity index is 1.64. The van der Waals surface area contributed by atoms with Crippen LogP contribution in [0.5, 0.6) is 0 Å². The van der Waals surface area contributed by atoms with Crippen molar-refractivity contribution in [2.45, 2.75) is 26.8 Å². The molecule has 5 aromatic rings. The van der Waals surface area contributed by atoms with Gasteiger partial charge in [0, 0.05) is 34.5 Å². The van der Waals surface area contributed by atoms with Gasteiger partial charge < -0.3 is 14.7 Å². The van der Waals surface area contributed by atoms with E-state index in [0.717, 1.165) is 27.9 Å². The normalized spacial score (nSPS) is 12.0. The molecule has 180 valence electrons. The largest absolute Gasteiger partial charge is 0.455 e. The number of pyridine rings is 2. The van der Waals surface area contributed by atoms with Crippen molar-refractivity contribution in [2.75, 3.05) is 5.32 Å². The first-order valence-corrected chi connectivity index (χ1v) is 11.9. The van der Waals surface area contributed by atoms with Gasteiger partial charge in [0.05, 0.1) is 22.8 Å². The Morgan fingerprint density at radius 2 is 1.75 bits per heavy atom. The van der Waals surface area contributed by atoms with Crippen molar-refractivity contribution in [3.8, 4) is 22.6 Å². The molecule has 2 aromatic carbocycles. The Bertz CT molecular complexity index is 1690. The lowest BCUT2D eigenvalue weighted by Crippen LogP contribution is -2.13. The van der Waals surface area contributed by atoms with Crippen molar-refractivity contribution < 1.29 is 4.42 Å². The lowest BCUT2D eigenvalue weighted by molar-refractivity contribution is 0.605. The molecule has 2 N–H and O–H groups in total. The average molecular weight is 498 g/mol. The van der Waals surface area contributed by atoms with E-state index in [4.69, 9.17) is 16.0 Å². The molecule has 0 fully saturated rings. The minimum absolute atomic E-state index is 0.0469. The predicted octanol–water partition coefficient (Wildman–Crippen LogP) is 6.65. The Morgan fingerprint density at radius 3 is 2.47 bits per heavy atom. The molecular weight excluding hydrogens is 474 g/mol. The maximum Gasteiger partial charge on any atom is 0.247 e. The number of benzene rings is 2. The quantitative estimate of drug-likeness (QED) is 0.265. The molecule has 0 bridgehead atoms. The van der Waals surface area contributed by atoms with Crippen molar-refractivity contribution in [3.63, 3.8) is 0 Å². The molecule has 3 heterocycles. The van der Waals surface area contributed by atoms with Crippen molar-refractivity contribution in [3.05, 3.63) is 115 Å². The van der Waals surface area contributed by atoms with Crippen LogP contribution in [0.2, 0.25) is 5.15 Å². The molecule has 0 spiro atoms. The Kier molecular flexibility index (Phi) is 6.20. The Labute approximate surface area is 212 Å². The van der Waals surface area contributed by atoms with E-state index >= 15 is 0 Å². The summed E-state index contributed by atoms with van der Waals surface area (Å²) in [7, 11) is 0. The molecule has 3 aromatic heterocycles. The Hall–Kier alpha value is -4.16. The smallest absolute Gasteiger partial charge is 0.247 e. The average Bonchev–Trinajstić information content (AvgIpc) is 2.88. The predicted molar refractivity (Wildman–Crippen MR) is 145 cm³/mol. The van der Waals surface area contributed by atoms with E-state index in [1.807, 2.05) is 62.4 Å². The number of nitrogens with zero attached hydrogens (tertiary/aromatic N) is 1. The topological polar surface area (TPSA) is 88.0 Å². The number of rotatable bonds is 5. The van der Waals surface area contributed by atoms with E-state index in [9.17, 15) is 9.59 Å². The van der Waals surface area contributed by atoms with E-state index < -0.39 is 0 Å². The van der Waals surface area contributed by atoms with Crippen molar-refractivity contribution in [1.82, 2.24) is 9.97 Å². The zero-order valence-corrected chi connectivity index (χ0v) is 20.8. The van der Waals surface area contributed by atoms with Crippen molar-refractivity contribution >= 4 is 28.3 Å². The van der Waals surface area contributed by atoms with Gasteiger partial charge in [0.2, 0.25) is 5.56 Å². The summed E-state index contributed by atoms with van der Waals surface area (Å²) in [6, 6.07) is 20.0. The van der Waals surface area contributed by atoms with Crippen LogP contribution in [0.1, 0.15) is 29.7 Å². The SMILES string of the molecule is Cc1cc([C@@H](C)Nc2ccc(Cl)nc2-c2ccc(=O)[nH]c2)c2oc(-c3ccccc3)c(C)c(=O)c2c1. The van der Waals surface area contributed by atoms with Crippen LogP contribution < -0.4 is 16.3 Å². The Morgan fingerprint density at radius 1 is 0.972 bits per heavy atom. The van der Waals surface area contributed by atoms with Gasteiger partial charge in [-0.15, -0.1) is 0 Å². The van der Waals surface area contributed by atoms with Gasteiger partial charge in [0.25, 0.3) is 0 Å². The highest BCUT2D eigenvalue weighted by Gasteiger charge is 2.20. The number of aromatic nitrogens is 2. The lowest BCUT2D eigenvalue weighted by atomic mass is 9.98. The summed E-state index contributed by atoms with van der Waals surface area (Å²) in [6.07, 6.45) is 1.60. The number of anilines is 1. The fourth-order valence-corrected chi connectivity index (χ4v) is 4.54. The summed E-state index contributed by atoms with van der Waals surface area (Å²) in [5, 5.41) is 4.39. The minimum atomic E-state index is -0.244. The van der Waals surface area contributed by atoms with Gasteiger partial charge in [0.15, 0.2) is 5.43 Å². The molecule has 0 unspecified atom stereocenters. The third kappa shape index (κ3) is 4.43. The number of halogens is 1. The molecule has 7 heteroatoms. The molecule has 0 radical (unpaired) electrons. The van der Waals surface area contributed by atoms with Crippen LogP contribution in [0.15, 0.2) is 86.9 Å². The van der Waals surface area contributed by atoms with Crippen LogP contribution in [-0.4, -0.2) is 9.97 Å². The highest BCUT2D eigenvalue weighted by atomic mass is 35.5. The highest BCUT2D eigenvalue weighted by molar-refractivity contribution is 6.29. The summed E-state index contributed by atoms with van der Waals surface area (Å²) in [5.74, 6) is 0.562. The number of aromatic amines is 1. The molecule has 5 rings (SSSR count). The van der Waals surface area contributed by atoms with Crippen molar-refractivity contribution in [1.29, 1.82) is 0 Å². The van der Waals surface area contributed by atoms with Crippen LogP contribution in [0.25, 0.3) is 33.6 Å². The number of nitrogens with one attached hydrogen (secondary N) is 2. The van der Waals surface area contributed by atoms with Gasteiger partial charge in [0.1, 0.15) is 16.5 Å². The summed E-state index contributed by atoms with van der Waals surface area (Å²) in [5.41, 5.74) is 5.58. The number of aryl methyl sites for hydroxylation is 1. The summed E-state index contributed by atoms with van der Waals surface area (Å²) in [4.78, 5) is 32.1. The maximum atomic E-state index is 13.4. The first-order valence-electron chi connectivity index (χ1n) is 11.6. The number of fused-ring (bicyclic) bond motifs is 1. The second-order valence-electron chi connectivity index (χ2n) is 8.82. The zero-order valence-electron chi connectivity index (χ0n) is 20.1. The second-order valence-corrected chi connectivity index (χ2v) is 9.21. The minimum Gasteiger partial charge on any atom is -0.455 e. The van der Waals surface area contributed by atoms with Gasteiger partial charge in [-0.2, -0.15) is 0 Å². The fourth-order valence-electron chi connectivity index (χ4n) is 4.39. The first kappa shape index (κ1) is 23.6. The first-order chi connectivity index (χ1) is 17.3. The summed E-state index contributed by atoms with van der Waals surface area (Å²) >= 11 is 6.20. The second kappa shape index (κ2) is 9.47. The van der Waals surface area contributed by atoms with E-state index in [2.05, 4.69) is 15.3 Å². The van der Waals surface area contributed by atoms with Gasteiger partial charge in [-0.25, -0.2) is 4.98 Å². The monoisotopic (exact) mass is 497 g/mol. The van der Waals surface area contributed by atoms with Gasteiger partial charge >= 0.3 is 0 Å².